The lowest BCUT2D eigenvalue weighted by molar-refractivity contribution is 0.103. The molecule has 0 amide bonds. The molecule has 0 spiro atoms. The predicted octanol–water partition coefficient (Wildman–Crippen LogP) is 5.89. The summed E-state index contributed by atoms with van der Waals surface area (Å²) in [5, 5.41) is 0. The van der Waals surface area contributed by atoms with Gasteiger partial charge in [-0.25, -0.2) is 0 Å². The number of methoxy groups -OCH3 is 2. The van der Waals surface area contributed by atoms with Gasteiger partial charge in [0.1, 0.15) is 0 Å². The first-order chi connectivity index (χ1) is 17.1. The molecule has 1 saturated heterocycles. The van der Waals surface area contributed by atoms with E-state index in [-0.39, 0.29) is 5.78 Å². The highest BCUT2D eigenvalue weighted by Crippen LogP contribution is 2.38. The first kappa shape index (κ1) is 23.4. The zero-order valence-electron chi connectivity index (χ0n) is 20.6. The SMILES string of the molecule is COc1cc2c(cc1OC)C(=O)/C(=C/C1CCN(Cc3ccccc3)C(Cc3ccccc3)C1)C2. The number of benzene rings is 3. The van der Waals surface area contributed by atoms with E-state index in [0.29, 0.717) is 29.9 Å². The van der Waals surface area contributed by atoms with Crippen molar-refractivity contribution < 1.29 is 14.3 Å². The second-order valence-electron chi connectivity index (χ2n) is 9.65. The van der Waals surface area contributed by atoms with Crippen molar-refractivity contribution in [1.29, 1.82) is 0 Å². The Morgan fingerprint density at radius 2 is 1.57 bits per heavy atom. The Morgan fingerprint density at radius 1 is 0.914 bits per heavy atom. The molecule has 1 aliphatic heterocycles. The average molecular weight is 468 g/mol. The highest BCUT2D eigenvalue weighted by Gasteiger charge is 2.31. The maximum atomic E-state index is 13.2. The molecule has 2 unspecified atom stereocenters. The van der Waals surface area contributed by atoms with Gasteiger partial charge in [0.05, 0.1) is 14.2 Å². The molecule has 3 aromatic rings. The summed E-state index contributed by atoms with van der Waals surface area (Å²) >= 11 is 0. The number of rotatable bonds is 7. The van der Waals surface area contributed by atoms with Gasteiger partial charge in [0.15, 0.2) is 17.3 Å². The molecule has 3 aromatic carbocycles. The van der Waals surface area contributed by atoms with Crippen LogP contribution in [-0.4, -0.2) is 37.5 Å². The molecule has 35 heavy (non-hydrogen) atoms. The van der Waals surface area contributed by atoms with Crippen LogP contribution < -0.4 is 9.47 Å². The topological polar surface area (TPSA) is 38.8 Å². The van der Waals surface area contributed by atoms with Crippen molar-refractivity contribution in [3.05, 3.63) is 107 Å². The molecule has 1 heterocycles. The van der Waals surface area contributed by atoms with Crippen molar-refractivity contribution in [2.45, 2.75) is 38.3 Å². The van der Waals surface area contributed by atoms with Crippen LogP contribution in [0.15, 0.2) is 84.4 Å². The molecule has 0 N–H and O–H groups in total. The number of ether oxygens (including phenoxy) is 2. The zero-order chi connectivity index (χ0) is 24.2. The first-order valence-corrected chi connectivity index (χ1v) is 12.5. The fourth-order valence-corrected chi connectivity index (χ4v) is 5.56. The molecule has 1 fully saturated rings. The number of nitrogens with zero attached hydrogens (tertiary/aromatic N) is 1. The van der Waals surface area contributed by atoms with Gasteiger partial charge in [0.25, 0.3) is 0 Å². The van der Waals surface area contributed by atoms with Crippen LogP contribution in [0.1, 0.15) is 39.9 Å². The molecule has 4 nitrogen and oxygen atoms in total. The maximum Gasteiger partial charge on any atom is 0.189 e. The highest BCUT2D eigenvalue weighted by atomic mass is 16.5. The second kappa shape index (κ2) is 10.5. The van der Waals surface area contributed by atoms with Gasteiger partial charge in [-0.05, 0) is 60.5 Å². The monoisotopic (exact) mass is 467 g/mol. The molecule has 5 rings (SSSR count). The van der Waals surface area contributed by atoms with Crippen molar-refractivity contribution in [3.8, 4) is 11.5 Å². The van der Waals surface area contributed by atoms with Gasteiger partial charge in [-0.15, -0.1) is 0 Å². The highest BCUT2D eigenvalue weighted by molar-refractivity contribution is 6.13. The number of ketones is 1. The molecule has 180 valence electrons. The van der Waals surface area contributed by atoms with E-state index in [1.54, 1.807) is 14.2 Å². The van der Waals surface area contributed by atoms with Crippen LogP contribution in [0, 0.1) is 5.92 Å². The summed E-state index contributed by atoms with van der Waals surface area (Å²) < 4.78 is 10.9. The number of fused-ring (bicyclic) bond motifs is 1. The van der Waals surface area contributed by atoms with E-state index in [2.05, 4.69) is 71.6 Å². The van der Waals surface area contributed by atoms with E-state index in [4.69, 9.17) is 9.47 Å². The Bertz CT molecular complexity index is 1200. The summed E-state index contributed by atoms with van der Waals surface area (Å²) in [6.07, 6.45) is 6.08. The van der Waals surface area contributed by atoms with Crippen molar-refractivity contribution in [2.24, 2.45) is 5.92 Å². The quantitative estimate of drug-likeness (QED) is 0.406. The van der Waals surface area contributed by atoms with Crippen molar-refractivity contribution in [2.75, 3.05) is 20.8 Å². The molecule has 2 aliphatic rings. The number of allylic oxidation sites excluding steroid dienone is 2. The van der Waals surface area contributed by atoms with E-state index >= 15 is 0 Å². The van der Waals surface area contributed by atoms with E-state index in [1.165, 1.54) is 11.1 Å². The maximum absolute atomic E-state index is 13.2. The molecule has 1 aliphatic carbocycles. The predicted molar refractivity (Wildman–Crippen MR) is 139 cm³/mol. The van der Waals surface area contributed by atoms with E-state index < -0.39 is 0 Å². The number of hydrogen-bond acceptors (Lipinski definition) is 4. The smallest absolute Gasteiger partial charge is 0.189 e. The lowest BCUT2D eigenvalue weighted by Gasteiger charge is -2.39. The summed E-state index contributed by atoms with van der Waals surface area (Å²) in [7, 11) is 3.24. The minimum Gasteiger partial charge on any atom is -0.493 e. The fourth-order valence-electron chi connectivity index (χ4n) is 5.56. The van der Waals surface area contributed by atoms with Crippen LogP contribution in [0.2, 0.25) is 0 Å². The summed E-state index contributed by atoms with van der Waals surface area (Å²) in [5.41, 5.74) is 5.41. The van der Waals surface area contributed by atoms with Gasteiger partial charge in [-0.2, -0.15) is 0 Å². The van der Waals surface area contributed by atoms with Crippen molar-refractivity contribution >= 4 is 5.78 Å². The normalized spacial score (nSPS) is 21.2. The fraction of sp³-hybridized carbons (Fsp3) is 0.323. The lowest BCUT2D eigenvalue weighted by Crippen LogP contribution is -2.43. The largest absolute Gasteiger partial charge is 0.493 e. The number of Topliss-reactive ketones (excluding diaryl/α,β-unsaturated/α-hetero) is 1. The Kier molecular flexibility index (Phi) is 7.01. The molecule has 0 aromatic heterocycles. The number of carbonyl (C=O) groups is 1. The Hall–Kier alpha value is -3.37. The Balaban J connectivity index is 1.35. The van der Waals surface area contributed by atoms with Gasteiger partial charge < -0.3 is 9.47 Å². The molecule has 4 heteroatoms. The van der Waals surface area contributed by atoms with Crippen LogP contribution in [0.25, 0.3) is 0 Å². The summed E-state index contributed by atoms with van der Waals surface area (Å²) in [6, 6.07) is 25.7. The Labute approximate surface area is 208 Å². The third-order valence-corrected chi connectivity index (χ3v) is 7.38. The van der Waals surface area contributed by atoms with Crippen LogP contribution in [0.5, 0.6) is 11.5 Å². The molecule has 0 saturated carbocycles. The lowest BCUT2D eigenvalue weighted by atomic mass is 9.85. The van der Waals surface area contributed by atoms with Crippen molar-refractivity contribution in [3.63, 3.8) is 0 Å². The minimum atomic E-state index is 0.132. The van der Waals surface area contributed by atoms with Crippen LogP contribution in [-0.2, 0) is 19.4 Å². The third-order valence-electron chi connectivity index (χ3n) is 7.38. The number of piperidine rings is 1. The molecule has 2 atom stereocenters. The first-order valence-electron chi connectivity index (χ1n) is 12.5. The van der Waals surface area contributed by atoms with Gasteiger partial charge in [-0.3, -0.25) is 9.69 Å². The summed E-state index contributed by atoms with van der Waals surface area (Å²) in [5.74, 6) is 1.82. The van der Waals surface area contributed by atoms with E-state index in [9.17, 15) is 4.79 Å². The van der Waals surface area contributed by atoms with Gasteiger partial charge in [0, 0.05) is 30.1 Å². The Morgan fingerprint density at radius 3 is 2.26 bits per heavy atom. The van der Waals surface area contributed by atoms with Crippen LogP contribution in [0.4, 0.5) is 0 Å². The number of hydrogen-bond donors (Lipinski definition) is 0. The molecule has 0 bridgehead atoms. The summed E-state index contributed by atoms with van der Waals surface area (Å²) in [4.78, 5) is 15.9. The second-order valence-corrected chi connectivity index (χ2v) is 9.65. The van der Waals surface area contributed by atoms with Gasteiger partial charge in [0.2, 0.25) is 0 Å². The van der Waals surface area contributed by atoms with Gasteiger partial charge >= 0.3 is 0 Å². The van der Waals surface area contributed by atoms with Crippen LogP contribution >= 0.6 is 0 Å². The van der Waals surface area contributed by atoms with Gasteiger partial charge in [-0.1, -0.05) is 66.7 Å². The zero-order valence-corrected chi connectivity index (χ0v) is 20.6. The van der Waals surface area contributed by atoms with E-state index in [1.807, 2.05) is 12.1 Å². The molecular weight excluding hydrogens is 434 g/mol. The minimum absolute atomic E-state index is 0.132. The summed E-state index contributed by atoms with van der Waals surface area (Å²) in [6.45, 7) is 2.00. The standard InChI is InChI=1S/C31H33NO3/c1-34-29-19-25-18-26(31(33)28(25)20-30(29)35-2)15-24-13-14-32(21-23-11-7-4-8-12-23)27(17-24)16-22-9-5-3-6-10-22/h3-12,15,19-20,24,27H,13-14,16-18,21H2,1-2H3/b26-15+. The van der Waals surface area contributed by atoms with E-state index in [0.717, 1.165) is 49.1 Å². The molecular formula is C31H33NO3. The van der Waals surface area contributed by atoms with Crippen molar-refractivity contribution in [1.82, 2.24) is 4.90 Å². The third kappa shape index (κ3) is 5.18. The number of likely N-dealkylation sites (tertiary alicyclic amines) is 1. The average Bonchev–Trinajstić information content (AvgIpc) is 3.19. The molecule has 0 radical (unpaired) electrons. The van der Waals surface area contributed by atoms with Crippen LogP contribution in [0.3, 0.4) is 0 Å². The number of carbonyl (C=O) groups excluding carboxylic acids is 1.